The first kappa shape index (κ1) is 15.4. The average molecular weight is 303 g/mol. The number of hydrogen-bond donors (Lipinski definition) is 0. The molecule has 0 saturated carbocycles. The van der Waals surface area contributed by atoms with Gasteiger partial charge in [-0.15, -0.1) is 0 Å². The summed E-state index contributed by atoms with van der Waals surface area (Å²) in [7, 11) is 0. The number of nitrogens with zero attached hydrogens (tertiary/aromatic N) is 2. The van der Waals surface area contributed by atoms with E-state index in [4.69, 9.17) is 0 Å². The van der Waals surface area contributed by atoms with Crippen LogP contribution in [0.2, 0.25) is 0 Å². The predicted octanol–water partition coefficient (Wildman–Crippen LogP) is 4.38. The van der Waals surface area contributed by atoms with Gasteiger partial charge in [0.25, 0.3) is 0 Å². The molecule has 0 atom stereocenters. The zero-order valence-corrected chi connectivity index (χ0v) is 14.0. The van der Waals surface area contributed by atoms with Crippen LogP contribution in [0.4, 0.5) is 0 Å². The second kappa shape index (κ2) is 6.33. The summed E-state index contributed by atoms with van der Waals surface area (Å²) < 4.78 is 2.21. The quantitative estimate of drug-likeness (QED) is 0.656. The minimum Gasteiger partial charge on any atom is -0.265 e. The van der Waals surface area contributed by atoms with Crippen LogP contribution in [0.25, 0.3) is 11.1 Å². The summed E-state index contributed by atoms with van der Waals surface area (Å²) in [6.07, 6.45) is 7.92. The summed E-state index contributed by atoms with van der Waals surface area (Å²) >= 11 is 0. The highest BCUT2D eigenvalue weighted by Gasteiger charge is 2.13. The molecule has 0 N–H and O–H groups in total. The third-order valence-electron chi connectivity index (χ3n) is 4.09. The highest BCUT2D eigenvalue weighted by molar-refractivity contribution is 5.61. The average Bonchev–Trinajstić information content (AvgIpc) is 2.56. The normalized spacial score (nSPS) is 11.4. The maximum absolute atomic E-state index is 4.06. The van der Waals surface area contributed by atoms with Gasteiger partial charge in [-0.2, -0.15) is 0 Å². The Balaban J connectivity index is 1.74. The summed E-state index contributed by atoms with van der Waals surface area (Å²) in [5.41, 5.74) is 5.31. The second-order valence-corrected chi connectivity index (χ2v) is 6.94. The van der Waals surface area contributed by atoms with Gasteiger partial charge < -0.3 is 0 Å². The molecule has 1 aromatic carbocycles. The molecule has 2 nitrogen and oxygen atoms in total. The molecule has 2 heteroatoms. The molecule has 23 heavy (non-hydrogen) atoms. The molecule has 0 radical (unpaired) electrons. The van der Waals surface area contributed by atoms with E-state index >= 15 is 0 Å². The van der Waals surface area contributed by atoms with Crippen molar-refractivity contribution >= 4 is 0 Å². The lowest BCUT2D eigenvalue weighted by Gasteiger charge is -2.18. The van der Waals surface area contributed by atoms with Crippen molar-refractivity contribution in [3.05, 3.63) is 84.4 Å². The summed E-state index contributed by atoms with van der Waals surface area (Å²) in [4.78, 5) is 4.06. The van der Waals surface area contributed by atoms with Crippen LogP contribution in [0, 0.1) is 0 Å². The molecule has 2 heterocycles. The van der Waals surface area contributed by atoms with E-state index in [-0.39, 0.29) is 5.41 Å². The van der Waals surface area contributed by atoms with Gasteiger partial charge in [-0.25, -0.2) is 4.57 Å². The molecule has 0 spiro atoms. The molecule has 2 aromatic heterocycles. The maximum Gasteiger partial charge on any atom is 0.173 e. The SMILES string of the molecule is CC(C)(C)c1ccc(C[n+]2ccc(-c3ccncc3)cc2)cc1. The first-order chi connectivity index (χ1) is 11.0. The van der Waals surface area contributed by atoms with Crippen LogP contribution >= 0.6 is 0 Å². The van der Waals surface area contributed by atoms with Crippen molar-refractivity contribution < 1.29 is 4.57 Å². The van der Waals surface area contributed by atoms with Crippen LogP contribution in [0.5, 0.6) is 0 Å². The van der Waals surface area contributed by atoms with Crippen molar-refractivity contribution in [1.82, 2.24) is 4.98 Å². The summed E-state index contributed by atoms with van der Waals surface area (Å²) in [6, 6.07) is 17.3. The van der Waals surface area contributed by atoms with Crippen molar-refractivity contribution in [2.45, 2.75) is 32.7 Å². The number of rotatable bonds is 3. The zero-order valence-electron chi connectivity index (χ0n) is 14.0. The fourth-order valence-electron chi connectivity index (χ4n) is 2.62. The van der Waals surface area contributed by atoms with E-state index in [1.165, 1.54) is 22.3 Å². The minimum absolute atomic E-state index is 0.206. The van der Waals surface area contributed by atoms with Crippen LogP contribution in [0.3, 0.4) is 0 Å². The molecule has 0 bridgehead atoms. The van der Waals surface area contributed by atoms with Gasteiger partial charge in [0.15, 0.2) is 18.9 Å². The lowest BCUT2D eigenvalue weighted by atomic mass is 9.87. The van der Waals surface area contributed by atoms with E-state index in [9.17, 15) is 0 Å². The van der Waals surface area contributed by atoms with Gasteiger partial charge in [0.05, 0.1) is 0 Å². The summed E-state index contributed by atoms with van der Waals surface area (Å²) in [6.45, 7) is 7.62. The molecule has 116 valence electrons. The molecule has 0 saturated heterocycles. The molecule has 0 amide bonds. The van der Waals surface area contributed by atoms with Crippen LogP contribution in [0.1, 0.15) is 31.9 Å². The number of benzene rings is 1. The van der Waals surface area contributed by atoms with Crippen LogP contribution < -0.4 is 4.57 Å². The summed E-state index contributed by atoms with van der Waals surface area (Å²) in [5.74, 6) is 0. The van der Waals surface area contributed by atoms with E-state index in [0.717, 1.165) is 6.54 Å². The van der Waals surface area contributed by atoms with Gasteiger partial charge in [0.1, 0.15) is 0 Å². The Morgan fingerprint density at radius 3 is 1.91 bits per heavy atom. The van der Waals surface area contributed by atoms with Crippen molar-refractivity contribution in [2.75, 3.05) is 0 Å². The van der Waals surface area contributed by atoms with Crippen LogP contribution in [-0.4, -0.2) is 4.98 Å². The van der Waals surface area contributed by atoms with Gasteiger partial charge in [0, 0.05) is 30.1 Å². The van der Waals surface area contributed by atoms with Crippen molar-refractivity contribution in [3.63, 3.8) is 0 Å². The largest absolute Gasteiger partial charge is 0.265 e. The molecule has 0 fully saturated rings. The molecule has 0 unspecified atom stereocenters. The van der Waals surface area contributed by atoms with E-state index < -0.39 is 0 Å². The van der Waals surface area contributed by atoms with Crippen molar-refractivity contribution in [2.24, 2.45) is 0 Å². The highest BCUT2D eigenvalue weighted by Crippen LogP contribution is 2.22. The Morgan fingerprint density at radius 2 is 1.35 bits per heavy atom. The lowest BCUT2D eigenvalue weighted by Crippen LogP contribution is -2.33. The van der Waals surface area contributed by atoms with Gasteiger partial charge in [-0.05, 0) is 34.2 Å². The van der Waals surface area contributed by atoms with Gasteiger partial charge in [0.2, 0.25) is 0 Å². The van der Waals surface area contributed by atoms with Gasteiger partial charge in [-0.1, -0.05) is 45.0 Å². The predicted molar refractivity (Wildman–Crippen MR) is 94.1 cm³/mol. The summed E-state index contributed by atoms with van der Waals surface area (Å²) in [5, 5.41) is 0. The van der Waals surface area contributed by atoms with Gasteiger partial charge >= 0.3 is 0 Å². The Labute approximate surface area is 138 Å². The van der Waals surface area contributed by atoms with Gasteiger partial charge in [-0.3, -0.25) is 4.98 Å². The van der Waals surface area contributed by atoms with E-state index in [2.05, 4.69) is 79.1 Å². The maximum atomic E-state index is 4.06. The highest BCUT2D eigenvalue weighted by atomic mass is 14.9. The van der Waals surface area contributed by atoms with Crippen molar-refractivity contribution in [1.29, 1.82) is 0 Å². The number of hydrogen-bond acceptors (Lipinski definition) is 1. The molecular formula is C21H23N2+. The molecule has 3 aromatic rings. The Morgan fingerprint density at radius 1 is 0.783 bits per heavy atom. The van der Waals surface area contributed by atoms with Crippen LogP contribution in [-0.2, 0) is 12.0 Å². The molecule has 3 rings (SSSR count). The monoisotopic (exact) mass is 303 g/mol. The molecular weight excluding hydrogens is 280 g/mol. The Kier molecular flexibility index (Phi) is 4.24. The van der Waals surface area contributed by atoms with E-state index in [1.54, 1.807) is 0 Å². The standard InChI is InChI=1S/C21H23N2/c1-21(2,3)20-6-4-17(5-7-20)16-23-14-10-19(11-15-23)18-8-12-22-13-9-18/h4-15H,16H2,1-3H3/q+1. The number of aromatic nitrogens is 2. The van der Waals surface area contributed by atoms with Crippen molar-refractivity contribution in [3.8, 4) is 11.1 Å². The third-order valence-corrected chi connectivity index (χ3v) is 4.09. The zero-order chi connectivity index (χ0) is 16.3. The number of pyridine rings is 2. The Bertz CT molecular complexity index is 752. The van der Waals surface area contributed by atoms with Crippen LogP contribution in [0.15, 0.2) is 73.3 Å². The van der Waals surface area contributed by atoms with E-state index in [0.29, 0.717) is 0 Å². The lowest BCUT2D eigenvalue weighted by molar-refractivity contribution is -0.688. The Hall–Kier alpha value is -2.48. The minimum atomic E-state index is 0.206. The molecule has 0 aliphatic rings. The fourth-order valence-corrected chi connectivity index (χ4v) is 2.62. The second-order valence-electron chi connectivity index (χ2n) is 6.94. The molecule has 0 aliphatic heterocycles. The topological polar surface area (TPSA) is 16.8 Å². The first-order valence-electron chi connectivity index (χ1n) is 8.01. The van der Waals surface area contributed by atoms with E-state index in [1.807, 2.05) is 24.5 Å². The third kappa shape index (κ3) is 3.84. The fraction of sp³-hybridized carbons (Fsp3) is 0.238. The molecule has 0 aliphatic carbocycles. The smallest absolute Gasteiger partial charge is 0.173 e. The first-order valence-corrected chi connectivity index (χ1v) is 8.01.